The molecule has 26 heavy (non-hydrogen) atoms. The van der Waals surface area contributed by atoms with Crippen molar-refractivity contribution in [2.45, 2.75) is 12.1 Å². The van der Waals surface area contributed by atoms with E-state index in [-0.39, 0.29) is 17.4 Å². The summed E-state index contributed by atoms with van der Waals surface area (Å²) in [6.45, 7) is 1.42. The molecule has 0 aliphatic rings. The Balaban J connectivity index is 1.61. The molecule has 0 aliphatic carbocycles. The summed E-state index contributed by atoms with van der Waals surface area (Å²) in [5, 5.41) is 9.69. The number of halogens is 1. The highest BCUT2D eigenvalue weighted by Gasteiger charge is 2.12. The number of hydrogen-bond acceptors (Lipinski definition) is 5. The molecule has 132 valence electrons. The van der Waals surface area contributed by atoms with Crippen molar-refractivity contribution in [1.82, 2.24) is 15.2 Å². The first-order valence-corrected chi connectivity index (χ1v) is 8.72. The number of thioether (sulfide) groups is 1. The summed E-state index contributed by atoms with van der Waals surface area (Å²) in [7, 11) is 0. The van der Waals surface area contributed by atoms with Crippen molar-refractivity contribution in [1.29, 1.82) is 0 Å². The maximum atomic E-state index is 13.8. The van der Waals surface area contributed by atoms with Gasteiger partial charge in [0.1, 0.15) is 5.82 Å². The maximum absolute atomic E-state index is 13.8. The Kier molecular flexibility index (Phi) is 5.43. The van der Waals surface area contributed by atoms with Crippen LogP contribution in [0.2, 0.25) is 0 Å². The van der Waals surface area contributed by atoms with Gasteiger partial charge in [-0.2, -0.15) is 0 Å². The van der Waals surface area contributed by atoms with Gasteiger partial charge in [-0.05, 0) is 36.4 Å². The Morgan fingerprint density at radius 2 is 1.88 bits per heavy atom. The predicted octanol–water partition coefficient (Wildman–Crippen LogP) is 3.54. The highest BCUT2D eigenvalue weighted by molar-refractivity contribution is 7.99. The van der Waals surface area contributed by atoms with Crippen LogP contribution in [0.5, 0.6) is 0 Å². The van der Waals surface area contributed by atoms with Crippen molar-refractivity contribution in [2.24, 2.45) is 0 Å². The van der Waals surface area contributed by atoms with Gasteiger partial charge in [0.05, 0.1) is 11.3 Å². The molecule has 0 radical (unpaired) electrons. The van der Waals surface area contributed by atoms with E-state index in [0.29, 0.717) is 27.8 Å². The van der Waals surface area contributed by atoms with Crippen LogP contribution in [0.25, 0.3) is 11.4 Å². The Morgan fingerprint density at radius 1 is 1.15 bits per heavy atom. The molecule has 0 aliphatic heterocycles. The molecule has 0 bridgehead atoms. The number of benzene rings is 2. The second-order valence-corrected chi connectivity index (χ2v) is 6.36. The van der Waals surface area contributed by atoms with E-state index in [4.69, 9.17) is 0 Å². The zero-order valence-corrected chi connectivity index (χ0v) is 14.6. The first kappa shape index (κ1) is 17.8. The fraction of sp³-hybridized carbons (Fsp3) is 0.111. The van der Waals surface area contributed by atoms with Gasteiger partial charge in [-0.25, -0.2) is 9.37 Å². The molecule has 6 nitrogen and oxygen atoms in total. The standard InChI is InChI=1S/C18H15FN4O2S/c1-11(24)20-13-8-6-12(7-9-13)16(25)10-26-18-21-17(22-23-18)14-4-2-3-5-15(14)19/h2-9H,10H2,1H3,(H,20,24)(H,21,22,23). The number of nitrogens with zero attached hydrogens (tertiary/aromatic N) is 2. The fourth-order valence-corrected chi connectivity index (χ4v) is 2.93. The quantitative estimate of drug-likeness (QED) is 0.512. The molecular formula is C18H15FN4O2S. The minimum atomic E-state index is -0.393. The van der Waals surface area contributed by atoms with E-state index < -0.39 is 5.82 Å². The summed E-state index contributed by atoms with van der Waals surface area (Å²) in [5.41, 5.74) is 1.48. The Bertz CT molecular complexity index is 940. The molecule has 2 aromatic carbocycles. The van der Waals surface area contributed by atoms with E-state index in [1.807, 2.05) is 0 Å². The molecule has 0 spiro atoms. The van der Waals surface area contributed by atoms with Crippen LogP contribution in [0.15, 0.2) is 53.7 Å². The van der Waals surface area contributed by atoms with Gasteiger partial charge in [0.2, 0.25) is 11.1 Å². The first-order chi connectivity index (χ1) is 12.5. The third kappa shape index (κ3) is 4.34. The van der Waals surface area contributed by atoms with Crippen LogP contribution >= 0.6 is 11.8 Å². The van der Waals surface area contributed by atoms with Crippen LogP contribution in [0, 0.1) is 5.82 Å². The van der Waals surface area contributed by atoms with Gasteiger partial charge in [-0.1, -0.05) is 23.9 Å². The van der Waals surface area contributed by atoms with E-state index in [2.05, 4.69) is 20.5 Å². The van der Waals surface area contributed by atoms with E-state index >= 15 is 0 Å². The Labute approximate surface area is 153 Å². The lowest BCUT2D eigenvalue weighted by atomic mass is 10.1. The van der Waals surface area contributed by atoms with Crippen LogP contribution in [-0.2, 0) is 4.79 Å². The number of aromatic nitrogens is 3. The predicted molar refractivity (Wildman–Crippen MR) is 97.6 cm³/mol. The minimum absolute atomic E-state index is 0.0957. The molecule has 0 atom stereocenters. The molecule has 1 heterocycles. The molecule has 0 fully saturated rings. The number of hydrogen-bond donors (Lipinski definition) is 2. The van der Waals surface area contributed by atoms with Gasteiger partial charge < -0.3 is 5.32 Å². The van der Waals surface area contributed by atoms with Crippen LogP contribution < -0.4 is 5.32 Å². The summed E-state index contributed by atoms with van der Waals surface area (Å²) < 4.78 is 13.8. The van der Waals surface area contributed by atoms with Gasteiger partial charge in [-0.15, -0.1) is 5.10 Å². The number of ketones is 1. The third-order valence-electron chi connectivity index (χ3n) is 3.45. The van der Waals surface area contributed by atoms with Crippen LogP contribution in [0.3, 0.4) is 0 Å². The molecule has 3 aromatic rings. The van der Waals surface area contributed by atoms with Gasteiger partial charge in [0.15, 0.2) is 11.6 Å². The molecule has 8 heteroatoms. The Morgan fingerprint density at radius 3 is 2.58 bits per heavy atom. The first-order valence-electron chi connectivity index (χ1n) is 7.74. The summed E-state index contributed by atoms with van der Waals surface area (Å²) >= 11 is 1.16. The van der Waals surface area contributed by atoms with Crippen molar-refractivity contribution >= 4 is 29.1 Å². The number of anilines is 1. The average molecular weight is 370 g/mol. The normalized spacial score (nSPS) is 10.5. The average Bonchev–Trinajstić information content (AvgIpc) is 3.09. The van der Waals surface area contributed by atoms with Gasteiger partial charge in [0, 0.05) is 18.2 Å². The van der Waals surface area contributed by atoms with E-state index in [9.17, 15) is 14.0 Å². The second-order valence-electron chi connectivity index (χ2n) is 5.42. The lowest BCUT2D eigenvalue weighted by molar-refractivity contribution is -0.114. The molecular weight excluding hydrogens is 355 g/mol. The fourth-order valence-electron chi connectivity index (χ4n) is 2.24. The third-order valence-corrected chi connectivity index (χ3v) is 4.30. The van der Waals surface area contributed by atoms with Crippen LogP contribution in [-0.4, -0.2) is 32.6 Å². The van der Waals surface area contributed by atoms with Crippen LogP contribution in [0.1, 0.15) is 17.3 Å². The zero-order valence-electron chi connectivity index (χ0n) is 13.8. The molecule has 0 unspecified atom stereocenters. The monoisotopic (exact) mass is 370 g/mol. The highest BCUT2D eigenvalue weighted by atomic mass is 32.2. The van der Waals surface area contributed by atoms with Gasteiger partial charge in [-0.3, -0.25) is 14.7 Å². The van der Waals surface area contributed by atoms with Crippen LogP contribution in [0.4, 0.5) is 10.1 Å². The minimum Gasteiger partial charge on any atom is -0.326 e. The number of amides is 1. The molecule has 1 amide bonds. The number of H-pyrrole nitrogens is 1. The lowest BCUT2D eigenvalue weighted by Gasteiger charge is -2.03. The number of aromatic amines is 1. The van der Waals surface area contributed by atoms with E-state index in [0.717, 1.165) is 11.8 Å². The van der Waals surface area contributed by atoms with Gasteiger partial charge >= 0.3 is 0 Å². The summed E-state index contributed by atoms with van der Waals surface area (Å²) in [4.78, 5) is 27.5. The van der Waals surface area contributed by atoms with E-state index in [1.54, 1.807) is 42.5 Å². The van der Waals surface area contributed by atoms with Crippen molar-refractivity contribution in [2.75, 3.05) is 11.1 Å². The topological polar surface area (TPSA) is 87.7 Å². The SMILES string of the molecule is CC(=O)Nc1ccc(C(=O)CSc2n[nH]c(-c3ccccc3F)n2)cc1. The molecule has 0 saturated carbocycles. The second kappa shape index (κ2) is 7.92. The number of rotatable bonds is 6. The summed E-state index contributed by atoms with van der Waals surface area (Å²) in [6, 6.07) is 12.9. The van der Waals surface area contributed by atoms with Crippen molar-refractivity contribution < 1.29 is 14.0 Å². The number of Topliss-reactive ketones (excluding diaryl/α,β-unsaturated/α-hetero) is 1. The van der Waals surface area contributed by atoms with Gasteiger partial charge in [0.25, 0.3) is 0 Å². The smallest absolute Gasteiger partial charge is 0.221 e. The molecule has 1 aromatic heterocycles. The number of carbonyl (C=O) groups excluding carboxylic acids is 2. The van der Waals surface area contributed by atoms with Crippen molar-refractivity contribution in [3.8, 4) is 11.4 Å². The summed E-state index contributed by atoms with van der Waals surface area (Å²) in [5.74, 6) is -0.196. The van der Waals surface area contributed by atoms with Crippen molar-refractivity contribution in [3.63, 3.8) is 0 Å². The van der Waals surface area contributed by atoms with Crippen molar-refractivity contribution in [3.05, 3.63) is 59.9 Å². The lowest BCUT2D eigenvalue weighted by Crippen LogP contribution is -2.07. The zero-order chi connectivity index (χ0) is 18.5. The molecule has 3 rings (SSSR count). The molecule has 2 N–H and O–H groups in total. The largest absolute Gasteiger partial charge is 0.326 e. The number of nitrogens with one attached hydrogen (secondary N) is 2. The maximum Gasteiger partial charge on any atom is 0.221 e. The number of carbonyl (C=O) groups is 2. The van der Waals surface area contributed by atoms with E-state index in [1.165, 1.54) is 13.0 Å². The highest BCUT2D eigenvalue weighted by Crippen LogP contribution is 2.22. The summed E-state index contributed by atoms with van der Waals surface area (Å²) in [6.07, 6.45) is 0. The Hall–Kier alpha value is -3.00. The molecule has 0 saturated heterocycles.